The molecule has 0 aliphatic rings. The molecule has 0 aromatic heterocycles. The zero-order valence-electron chi connectivity index (χ0n) is 13.7. The van der Waals surface area contributed by atoms with Crippen LogP contribution in [0, 0.1) is 5.82 Å². The highest BCUT2D eigenvalue weighted by Gasteiger charge is 2.19. The van der Waals surface area contributed by atoms with Gasteiger partial charge in [0.2, 0.25) is 0 Å². The van der Waals surface area contributed by atoms with Crippen LogP contribution in [0.5, 0.6) is 11.5 Å². The lowest BCUT2D eigenvalue weighted by molar-refractivity contribution is -0.306. The molecule has 0 saturated heterocycles. The van der Waals surface area contributed by atoms with Gasteiger partial charge in [-0.25, -0.2) is 4.39 Å². The molecule has 1 atom stereocenters. The molecule has 7 heteroatoms. The van der Waals surface area contributed by atoms with Gasteiger partial charge in [0, 0.05) is 12.4 Å². The second-order valence-corrected chi connectivity index (χ2v) is 5.20. The second-order valence-electron chi connectivity index (χ2n) is 5.20. The second kappa shape index (κ2) is 8.14. The summed E-state index contributed by atoms with van der Waals surface area (Å²) in [5.74, 6) is -1.94. The molecule has 25 heavy (non-hydrogen) atoms. The topological polar surface area (TPSA) is 87.7 Å². The summed E-state index contributed by atoms with van der Waals surface area (Å²) < 4.78 is 24.1. The molecule has 0 bridgehead atoms. The highest BCUT2D eigenvalue weighted by atomic mass is 19.1. The van der Waals surface area contributed by atoms with Gasteiger partial charge in [0.1, 0.15) is 5.82 Å². The number of aliphatic carboxylic acids is 1. The van der Waals surface area contributed by atoms with Gasteiger partial charge in [-0.3, -0.25) is 4.79 Å². The van der Waals surface area contributed by atoms with Crippen LogP contribution in [0.1, 0.15) is 28.4 Å². The van der Waals surface area contributed by atoms with Crippen molar-refractivity contribution in [3.63, 3.8) is 0 Å². The fraction of sp³-hybridized carbons (Fsp3) is 0.222. The summed E-state index contributed by atoms with van der Waals surface area (Å²) in [5.41, 5.74) is 0.290. The van der Waals surface area contributed by atoms with E-state index < -0.39 is 30.2 Å². The minimum absolute atomic E-state index is 0.175. The van der Waals surface area contributed by atoms with E-state index in [1.54, 1.807) is 18.2 Å². The first kappa shape index (κ1) is 18.3. The van der Waals surface area contributed by atoms with E-state index in [0.29, 0.717) is 17.1 Å². The number of carboxylic acid groups (broad SMARTS) is 1. The van der Waals surface area contributed by atoms with Crippen LogP contribution in [0.25, 0.3) is 0 Å². The molecule has 0 radical (unpaired) electrons. The average molecular weight is 346 g/mol. The summed E-state index contributed by atoms with van der Waals surface area (Å²) >= 11 is 0. The van der Waals surface area contributed by atoms with Crippen LogP contribution in [0.3, 0.4) is 0 Å². The normalized spacial score (nSPS) is 11.5. The Labute approximate surface area is 144 Å². The molecular formula is C18H17FNO5-. The van der Waals surface area contributed by atoms with Crippen molar-refractivity contribution in [2.45, 2.75) is 12.5 Å². The van der Waals surface area contributed by atoms with Crippen molar-refractivity contribution < 1.29 is 28.6 Å². The molecular weight excluding hydrogens is 329 g/mol. The van der Waals surface area contributed by atoms with E-state index in [4.69, 9.17) is 9.47 Å². The van der Waals surface area contributed by atoms with E-state index in [0.717, 1.165) is 6.07 Å². The molecule has 2 aromatic rings. The minimum Gasteiger partial charge on any atom is -0.550 e. The molecule has 132 valence electrons. The van der Waals surface area contributed by atoms with Crippen molar-refractivity contribution in [3.8, 4) is 11.5 Å². The van der Waals surface area contributed by atoms with Gasteiger partial charge in [0.15, 0.2) is 11.5 Å². The number of carboxylic acids is 1. The zero-order valence-corrected chi connectivity index (χ0v) is 13.7. The number of carbonyl (C=O) groups is 2. The molecule has 0 heterocycles. The third-order valence-corrected chi connectivity index (χ3v) is 3.60. The number of hydrogen-bond donors (Lipinski definition) is 1. The Hall–Kier alpha value is -3.09. The van der Waals surface area contributed by atoms with E-state index >= 15 is 0 Å². The largest absolute Gasteiger partial charge is 0.550 e. The number of hydrogen-bond acceptors (Lipinski definition) is 5. The predicted molar refractivity (Wildman–Crippen MR) is 85.8 cm³/mol. The summed E-state index contributed by atoms with van der Waals surface area (Å²) in [4.78, 5) is 23.3. The smallest absolute Gasteiger partial charge is 0.254 e. The Kier molecular flexibility index (Phi) is 5.94. The number of methoxy groups -OCH3 is 2. The minimum atomic E-state index is -1.35. The van der Waals surface area contributed by atoms with Crippen molar-refractivity contribution in [1.82, 2.24) is 5.32 Å². The third kappa shape index (κ3) is 4.47. The molecule has 0 aliphatic carbocycles. The fourth-order valence-corrected chi connectivity index (χ4v) is 2.37. The van der Waals surface area contributed by atoms with E-state index in [9.17, 15) is 19.1 Å². The van der Waals surface area contributed by atoms with Crippen LogP contribution >= 0.6 is 0 Å². The van der Waals surface area contributed by atoms with E-state index in [2.05, 4.69) is 5.32 Å². The maximum Gasteiger partial charge on any atom is 0.254 e. The van der Waals surface area contributed by atoms with Gasteiger partial charge in [-0.15, -0.1) is 0 Å². The van der Waals surface area contributed by atoms with Gasteiger partial charge in [0.25, 0.3) is 5.91 Å². The molecule has 6 nitrogen and oxygen atoms in total. The maximum absolute atomic E-state index is 13.7. The highest BCUT2D eigenvalue weighted by molar-refractivity contribution is 5.94. The standard InChI is InChI=1S/C18H18FNO5/c1-24-15-8-7-11(9-16(15)25-2)14(10-17(21)22)20-18(23)12-5-3-4-6-13(12)19/h3-9,14H,10H2,1-2H3,(H,20,23)(H,21,22)/p-1. The van der Waals surface area contributed by atoms with Crippen LogP contribution in [-0.2, 0) is 4.79 Å². The van der Waals surface area contributed by atoms with Crippen molar-refractivity contribution in [2.24, 2.45) is 0 Å². The lowest BCUT2D eigenvalue weighted by Crippen LogP contribution is -2.34. The number of carbonyl (C=O) groups excluding carboxylic acids is 2. The summed E-state index contributed by atoms with van der Waals surface area (Å²) in [6.07, 6.45) is -0.477. The summed E-state index contributed by atoms with van der Waals surface area (Å²) in [6, 6.07) is 9.25. The summed E-state index contributed by atoms with van der Waals surface area (Å²) in [7, 11) is 2.91. The zero-order chi connectivity index (χ0) is 18.4. The number of benzene rings is 2. The Morgan fingerprint density at radius 3 is 2.40 bits per heavy atom. The first-order chi connectivity index (χ1) is 12.0. The van der Waals surface area contributed by atoms with Gasteiger partial charge in [-0.1, -0.05) is 18.2 Å². The van der Waals surface area contributed by atoms with Crippen LogP contribution in [0.2, 0.25) is 0 Å². The van der Waals surface area contributed by atoms with Crippen LogP contribution < -0.4 is 19.9 Å². The molecule has 0 fully saturated rings. The summed E-state index contributed by atoms with van der Waals surface area (Å²) in [6.45, 7) is 0. The van der Waals surface area contributed by atoms with E-state index in [1.807, 2.05) is 0 Å². The van der Waals surface area contributed by atoms with Crippen molar-refractivity contribution >= 4 is 11.9 Å². The first-order valence-corrected chi connectivity index (χ1v) is 7.43. The Balaban J connectivity index is 2.32. The van der Waals surface area contributed by atoms with Gasteiger partial charge in [0.05, 0.1) is 25.8 Å². The SMILES string of the molecule is COc1ccc(C(CC(=O)[O-])NC(=O)c2ccccc2F)cc1OC. The molecule has 2 rings (SSSR count). The number of amides is 1. The van der Waals surface area contributed by atoms with Gasteiger partial charge in [-0.05, 0) is 29.8 Å². The molecule has 2 aromatic carbocycles. The Morgan fingerprint density at radius 2 is 1.80 bits per heavy atom. The highest BCUT2D eigenvalue weighted by Crippen LogP contribution is 2.31. The van der Waals surface area contributed by atoms with Crippen LogP contribution in [0.4, 0.5) is 4.39 Å². The lowest BCUT2D eigenvalue weighted by atomic mass is 10.0. The molecule has 0 spiro atoms. The number of ether oxygens (including phenoxy) is 2. The Morgan fingerprint density at radius 1 is 1.12 bits per heavy atom. The average Bonchev–Trinajstić information content (AvgIpc) is 2.60. The van der Waals surface area contributed by atoms with Crippen LogP contribution in [-0.4, -0.2) is 26.1 Å². The van der Waals surface area contributed by atoms with Gasteiger partial charge >= 0.3 is 0 Å². The van der Waals surface area contributed by atoms with Crippen molar-refractivity contribution in [1.29, 1.82) is 0 Å². The quantitative estimate of drug-likeness (QED) is 0.820. The molecule has 0 aliphatic heterocycles. The monoisotopic (exact) mass is 346 g/mol. The lowest BCUT2D eigenvalue weighted by Gasteiger charge is -2.21. The van der Waals surface area contributed by atoms with E-state index in [1.165, 1.54) is 32.4 Å². The van der Waals surface area contributed by atoms with Crippen molar-refractivity contribution in [3.05, 3.63) is 59.4 Å². The van der Waals surface area contributed by atoms with Crippen LogP contribution in [0.15, 0.2) is 42.5 Å². The Bertz CT molecular complexity index is 778. The van der Waals surface area contributed by atoms with Crippen molar-refractivity contribution in [2.75, 3.05) is 14.2 Å². The molecule has 0 saturated carbocycles. The number of nitrogens with one attached hydrogen (secondary N) is 1. The number of halogens is 1. The van der Waals surface area contributed by atoms with E-state index in [-0.39, 0.29) is 5.56 Å². The molecule has 1 unspecified atom stereocenters. The summed E-state index contributed by atoms with van der Waals surface area (Å²) in [5, 5.41) is 13.6. The van der Waals surface area contributed by atoms with Gasteiger partial charge < -0.3 is 24.7 Å². The first-order valence-electron chi connectivity index (χ1n) is 7.43. The molecule has 1 N–H and O–H groups in total. The number of rotatable bonds is 7. The molecule has 1 amide bonds. The predicted octanol–water partition coefficient (Wildman–Crippen LogP) is 1.45. The third-order valence-electron chi connectivity index (χ3n) is 3.60. The van der Waals surface area contributed by atoms with Gasteiger partial charge in [-0.2, -0.15) is 0 Å². The maximum atomic E-state index is 13.7. The fourth-order valence-electron chi connectivity index (χ4n) is 2.37.